The van der Waals surface area contributed by atoms with Gasteiger partial charge in [-0.2, -0.15) is 0 Å². The second-order valence-electron chi connectivity index (χ2n) is 6.21. The fraction of sp³-hybridized carbons (Fsp3) is 0.625. The Morgan fingerprint density at radius 2 is 2.13 bits per heavy atom. The van der Waals surface area contributed by atoms with Gasteiger partial charge in [-0.15, -0.1) is 0 Å². The molecule has 0 N–H and O–H groups in total. The average molecular weight is 318 g/mol. The Balaban J connectivity index is 1.73. The summed E-state index contributed by atoms with van der Waals surface area (Å²) >= 11 is 0. The number of esters is 1. The van der Waals surface area contributed by atoms with Crippen molar-refractivity contribution in [2.24, 2.45) is 5.92 Å². The number of piperazine rings is 1. The van der Waals surface area contributed by atoms with E-state index in [0.717, 1.165) is 18.5 Å². The van der Waals surface area contributed by atoms with Gasteiger partial charge in [0.05, 0.1) is 19.6 Å². The lowest BCUT2D eigenvalue weighted by Crippen LogP contribution is -2.55. The van der Waals surface area contributed by atoms with Crippen LogP contribution in [-0.2, 0) is 20.9 Å². The fourth-order valence-corrected chi connectivity index (χ4v) is 3.89. The van der Waals surface area contributed by atoms with Crippen LogP contribution in [0.3, 0.4) is 0 Å². The van der Waals surface area contributed by atoms with Gasteiger partial charge < -0.3 is 9.64 Å². The molecule has 2 fully saturated rings. The molecule has 2 saturated heterocycles. The Morgan fingerprint density at radius 3 is 2.78 bits per heavy atom. The molecule has 2 aliphatic rings. The minimum absolute atomic E-state index is 0.0397. The zero-order valence-corrected chi connectivity index (χ0v) is 13.5. The standard InChI is InChI=1S/C16H22N4O3/c1-3-14-13(16(22)23-2)4-12-8-19(9-15(21)20(12)14)7-11-5-17-10-18-6-11/h5-6,10,12-14H,3-4,7-9H2,1-2H3/t12-,13-,14-/m0/s1. The molecule has 2 aliphatic heterocycles. The highest BCUT2D eigenvalue weighted by Crippen LogP contribution is 2.35. The van der Waals surface area contributed by atoms with Crippen molar-refractivity contribution < 1.29 is 14.3 Å². The van der Waals surface area contributed by atoms with Gasteiger partial charge in [-0.25, -0.2) is 9.97 Å². The summed E-state index contributed by atoms with van der Waals surface area (Å²) in [6.45, 7) is 3.81. The third-order valence-corrected chi connectivity index (χ3v) is 4.80. The number of aromatic nitrogens is 2. The lowest BCUT2D eigenvalue weighted by molar-refractivity contribution is -0.147. The lowest BCUT2D eigenvalue weighted by atomic mass is 9.97. The molecule has 7 nitrogen and oxygen atoms in total. The molecule has 0 spiro atoms. The summed E-state index contributed by atoms with van der Waals surface area (Å²) < 4.78 is 4.92. The zero-order chi connectivity index (χ0) is 16.4. The van der Waals surface area contributed by atoms with Crippen LogP contribution in [0.4, 0.5) is 0 Å². The van der Waals surface area contributed by atoms with Crippen molar-refractivity contribution in [3.63, 3.8) is 0 Å². The fourth-order valence-electron chi connectivity index (χ4n) is 3.89. The smallest absolute Gasteiger partial charge is 0.310 e. The number of hydrogen-bond acceptors (Lipinski definition) is 6. The largest absolute Gasteiger partial charge is 0.469 e. The molecule has 3 atom stereocenters. The monoisotopic (exact) mass is 318 g/mol. The van der Waals surface area contributed by atoms with Gasteiger partial charge in [0.15, 0.2) is 0 Å². The third-order valence-electron chi connectivity index (χ3n) is 4.80. The molecule has 0 saturated carbocycles. The lowest BCUT2D eigenvalue weighted by Gasteiger charge is -2.39. The highest BCUT2D eigenvalue weighted by atomic mass is 16.5. The minimum Gasteiger partial charge on any atom is -0.469 e. The Kier molecular flexibility index (Phi) is 4.56. The summed E-state index contributed by atoms with van der Waals surface area (Å²) in [5.41, 5.74) is 0.989. The second kappa shape index (κ2) is 6.62. The predicted molar refractivity (Wildman–Crippen MR) is 82.1 cm³/mol. The number of hydrogen-bond donors (Lipinski definition) is 0. The van der Waals surface area contributed by atoms with Crippen molar-refractivity contribution in [1.29, 1.82) is 0 Å². The van der Waals surface area contributed by atoms with Crippen molar-refractivity contribution in [3.8, 4) is 0 Å². The predicted octanol–water partition coefficient (Wildman–Crippen LogP) is 0.461. The Labute approximate surface area is 135 Å². The first-order chi connectivity index (χ1) is 11.1. The molecule has 3 rings (SSSR count). The molecular formula is C16H22N4O3. The quantitative estimate of drug-likeness (QED) is 0.751. The summed E-state index contributed by atoms with van der Waals surface area (Å²) in [4.78, 5) is 36.7. The van der Waals surface area contributed by atoms with Crippen molar-refractivity contribution in [3.05, 3.63) is 24.3 Å². The van der Waals surface area contributed by atoms with E-state index >= 15 is 0 Å². The van der Waals surface area contributed by atoms with Crippen molar-refractivity contribution in [2.45, 2.75) is 38.4 Å². The topological polar surface area (TPSA) is 75.6 Å². The van der Waals surface area contributed by atoms with E-state index in [9.17, 15) is 9.59 Å². The van der Waals surface area contributed by atoms with Gasteiger partial charge in [-0.05, 0) is 12.8 Å². The minimum atomic E-state index is -0.209. The van der Waals surface area contributed by atoms with Gasteiger partial charge in [0.2, 0.25) is 5.91 Å². The number of carbonyl (C=O) groups is 2. The van der Waals surface area contributed by atoms with E-state index in [1.807, 2.05) is 11.8 Å². The Morgan fingerprint density at radius 1 is 1.39 bits per heavy atom. The summed E-state index contributed by atoms with van der Waals surface area (Å²) in [7, 11) is 1.41. The van der Waals surface area contributed by atoms with E-state index in [2.05, 4.69) is 14.9 Å². The summed E-state index contributed by atoms with van der Waals surface area (Å²) in [5.74, 6) is -0.322. The maximum Gasteiger partial charge on any atom is 0.310 e. The van der Waals surface area contributed by atoms with Crippen LogP contribution in [0, 0.1) is 5.92 Å². The number of ether oxygens (including phenoxy) is 1. The van der Waals surface area contributed by atoms with Crippen molar-refractivity contribution >= 4 is 11.9 Å². The first-order valence-corrected chi connectivity index (χ1v) is 7.99. The van der Waals surface area contributed by atoms with Crippen LogP contribution in [-0.4, -0.2) is 63.9 Å². The summed E-state index contributed by atoms with van der Waals surface area (Å²) in [6.07, 6.45) is 6.48. The van der Waals surface area contributed by atoms with Crippen molar-refractivity contribution in [2.75, 3.05) is 20.2 Å². The molecule has 1 amide bonds. The molecule has 0 bridgehead atoms. The number of rotatable bonds is 4. The van der Waals surface area contributed by atoms with E-state index in [0.29, 0.717) is 19.5 Å². The van der Waals surface area contributed by atoms with Crippen LogP contribution in [0.25, 0.3) is 0 Å². The highest BCUT2D eigenvalue weighted by molar-refractivity contribution is 5.82. The number of carbonyl (C=O) groups excluding carboxylic acids is 2. The second-order valence-corrected chi connectivity index (χ2v) is 6.21. The SMILES string of the molecule is CC[C@H]1[C@@H](C(=O)OC)C[C@H]2CN(Cc3cncnc3)CC(=O)N21. The van der Waals surface area contributed by atoms with Crippen LogP contribution >= 0.6 is 0 Å². The van der Waals surface area contributed by atoms with E-state index in [1.54, 1.807) is 12.4 Å². The molecule has 124 valence electrons. The van der Waals surface area contributed by atoms with Gasteiger partial charge >= 0.3 is 5.97 Å². The molecule has 7 heteroatoms. The van der Waals surface area contributed by atoms with Gasteiger partial charge in [-0.3, -0.25) is 14.5 Å². The number of nitrogens with zero attached hydrogens (tertiary/aromatic N) is 4. The maximum absolute atomic E-state index is 12.6. The molecule has 1 aromatic rings. The third kappa shape index (κ3) is 3.06. The van der Waals surface area contributed by atoms with Crippen LogP contribution < -0.4 is 0 Å². The molecular weight excluding hydrogens is 296 g/mol. The highest BCUT2D eigenvalue weighted by Gasteiger charge is 2.49. The van der Waals surface area contributed by atoms with E-state index < -0.39 is 0 Å². The number of methoxy groups -OCH3 is 1. The molecule has 1 aromatic heterocycles. The Hall–Kier alpha value is -2.02. The van der Waals surface area contributed by atoms with Gasteiger partial charge in [0.25, 0.3) is 0 Å². The molecule has 23 heavy (non-hydrogen) atoms. The molecule has 0 radical (unpaired) electrons. The molecule has 0 aromatic carbocycles. The van der Waals surface area contributed by atoms with E-state index in [1.165, 1.54) is 13.4 Å². The van der Waals surface area contributed by atoms with Crippen LogP contribution in [0.2, 0.25) is 0 Å². The Bertz CT molecular complexity index is 580. The molecule has 3 heterocycles. The normalized spacial score (nSPS) is 27.8. The summed E-state index contributed by atoms with van der Waals surface area (Å²) in [5, 5.41) is 0. The van der Waals surface area contributed by atoms with Crippen LogP contribution in [0.1, 0.15) is 25.3 Å². The molecule has 0 unspecified atom stereocenters. The van der Waals surface area contributed by atoms with Crippen molar-refractivity contribution in [1.82, 2.24) is 19.8 Å². The zero-order valence-electron chi connectivity index (χ0n) is 13.5. The van der Waals surface area contributed by atoms with E-state index in [-0.39, 0.29) is 29.9 Å². The van der Waals surface area contributed by atoms with Gasteiger partial charge in [0.1, 0.15) is 6.33 Å². The van der Waals surface area contributed by atoms with E-state index in [4.69, 9.17) is 4.74 Å². The van der Waals surface area contributed by atoms with Gasteiger partial charge in [-0.1, -0.05) is 6.92 Å². The first kappa shape index (κ1) is 15.9. The summed E-state index contributed by atoms with van der Waals surface area (Å²) in [6, 6.07) is 0.0390. The van der Waals surface area contributed by atoms with Crippen LogP contribution in [0.5, 0.6) is 0 Å². The number of fused-ring (bicyclic) bond motifs is 1. The maximum atomic E-state index is 12.6. The first-order valence-electron chi connectivity index (χ1n) is 7.99. The van der Waals surface area contributed by atoms with Crippen LogP contribution in [0.15, 0.2) is 18.7 Å². The average Bonchev–Trinajstić information content (AvgIpc) is 2.94. The van der Waals surface area contributed by atoms with Gasteiger partial charge in [0, 0.05) is 43.1 Å². The molecule has 0 aliphatic carbocycles. The number of amides is 1.